The van der Waals surface area contributed by atoms with Gasteiger partial charge in [0.25, 0.3) is 0 Å². The maximum Gasteiger partial charge on any atom is 0.105 e. The van der Waals surface area contributed by atoms with Gasteiger partial charge in [0.15, 0.2) is 0 Å². The number of aromatic nitrogens is 1. The first kappa shape index (κ1) is 10.4. The minimum Gasteiger partial charge on any atom is -0.469 e. The molecule has 15 heavy (non-hydrogen) atoms. The van der Waals surface area contributed by atoms with Crippen molar-refractivity contribution in [3.8, 4) is 0 Å². The molecular weight excluding hydrogens is 256 g/mol. The largest absolute Gasteiger partial charge is 0.469 e. The summed E-state index contributed by atoms with van der Waals surface area (Å²) in [5.74, 6) is 0.891. The SMILES string of the molecule is NC(Cc1ccco1)c1cncc(Br)c1. The van der Waals surface area contributed by atoms with Gasteiger partial charge in [-0.25, -0.2) is 0 Å². The molecule has 0 aliphatic heterocycles. The number of hydrogen-bond acceptors (Lipinski definition) is 3. The maximum atomic E-state index is 6.03. The van der Waals surface area contributed by atoms with Gasteiger partial charge in [-0.2, -0.15) is 0 Å². The molecule has 2 heterocycles. The van der Waals surface area contributed by atoms with Crippen LogP contribution in [0.15, 0.2) is 45.7 Å². The second kappa shape index (κ2) is 4.59. The number of rotatable bonds is 3. The van der Waals surface area contributed by atoms with E-state index < -0.39 is 0 Å². The molecule has 1 atom stereocenters. The molecule has 0 aliphatic rings. The molecule has 0 amide bonds. The van der Waals surface area contributed by atoms with Crippen LogP contribution in [0.1, 0.15) is 17.4 Å². The predicted molar refractivity (Wildman–Crippen MR) is 61.3 cm³/mol. The second-order valence-corrected chi connectivity index (χ2v) is 4.24. The van der Waals surface area contributed by atoms with Crippen molar-refractivity contribution in [3.05, 3.63) is 52.7 Å². The molecule has 3 nitrogen and oxygen atoms in total. The highest BCUT2D eigenvalue weighted by Gasteiger charge is 2.09. The predicted octanol–water partition coefficient (Wildman–Crippen LogP) is 2.68. The molecule has 0 spiro atoms. The minimum absolute atomic E-state index is 0.0823. The van der Waals surface area contributed by atoms with Gasteiger partial charge in [-0.05, 0) is 39.7 Å². The van der Waals surface area contributed by atoms with E-state index >= 15 is 0 Å². The van der Waals surface area contributed by atoms with E-state index in [1.54, 1.807) is 18.7 Å². The van der Waals surface area contributed by atoms with E-state index in [2.05, 4.69) is 20.9 Å². The Labute approximate surface area is 96.4 Å². The third-order valence-electron chi connectivity index (χ3n) is 2.16. The van der Waals surface area contributed by atoms with Gasteiger partial charge in [-0.15, -0.1) is 0 Å². The van der Waals surface area contributed by atoms with E-state index in [1.807, 2.05) is 18.2 Å². The van der Waals surface area contributed by atoms with Crippen molar-refractivity contribution < 1.29 is 4.42 Å². The lowest BCUT2D eigenvalue weighted by atomic mass is 10.1. The summed E-state index contributed by atoms with van der Waals surface area (Å²) in [7, 11) is 0. The Morgan fingerprint density at radius 3 is 3.00 bits per heavy atom. The van der Waals surface area contributed by atoms with Crippen molar-refractivity contribution >= 4 is 15.9 Å². The molecule has 0 saturated carbocycles. The Hall–Kier alpha value is -1.13. The fourth-order valence-electron chi connectivity index (χ4n) is 1.39. The highest BCUT2D eigenvalue weighted by atomic mass is 79.9. The number of hydrogen-bond donors (Lipinski definition) is 1. The third kappa shape index (κ3) is 2.67. The Bertz CT molecular complexity index is 428. The number of furan rings is 1. The van der Waals surface area contributed by atoms with Crippen LogP contribution in [-0.4, -0.2) is 4.98 Å². The summed E-state index contributed by atoms with van der Waals surface area (Å²) in [5, 5.41) is 0. The second-order valence-electron chi connectivity index (χ2n) is 3.33. The Balaban J connectivity index is 2.11. The van der Waals surface area contributed by atoms with E-state index in [1.165, 1.54) is 0 Å². The van der Waals surface area contributed by atoms with Crippen LogP contribution in [0.4, 0.5) is 0 Å². The van der Waals surface area contributed by atoms with Crippen LogP contribution in [0.2, 0.25) is 0 Å². The number of nitrogens with two attached hydrogens (primary N) is 1. The zero-order valence-electron chi connectivity index (χ0n) is 8.06. The summed E-state index contributed by atoms with van der Waals surface area (Å²) in [4.78, 5) is 4.08. The summed E-state index contributed by atoms with van der Waals surface area (Å²) in [5.41, 5.74) is 7.03. The van der Waals surface area contributed by atoms with Crippen molar-refractivity contribution in [2.24, 2.45) is 5.73 Å². The van der Waals surface area contributed by atoms with Crippen LogP contribution in [-0.2, 0) is 6.42 Å². The van der Waals surface area contributed by atoms with Gasteiger partial charge < -0.3 is 10.2 Å². The monoisotopic (exact) mass is 266 g/mol. The van der Waals surface area contributed by atoms with Gasteiger partial charge >= 0.3 is 0 Å². The van der Waals surface area contributed by atoms with Crippen molar-refractivity contribution in [2.45, 2.75) is 12.5 Å². The van der Waals surface area contributed by atoms with E-state index in [9.17, 15) is 0 Å². The van der Waals surface area contributed by atoms with Gasteiger partial charge in [0.1, 0.15) is 5.76 Å². The van der Waals surface area contributed by atoms with E-state index in [0.717, 1.165) is 15.8 Å². The first-order valence-electron chi connectivity index (χ1n) is 4.64. The molecule has 2 aromatic rings. The average molecular weight is 267 g/mol. The summed E-state index contributed by atoms with van der Waals surface area (Å²) >= 11 is 3.37. The molecule has 78 valence electrons. The van der Waals surface area contributed by atoms with E-state index in [-0.39, 0.29) is 6.04 Å². The molecule has 1 unspecified atom stereocenters. The Kier molecular flexibility index (Phi) is 3.18. The molecule has 0 radical (unpaired) electrons. The molecule has 0 fully saturated rings. The molecular formula is C11H11BrN2O. The highest BCUT2D eigenvalue weighted by Crippen LogP contribution is 2.18. The van der Waals surface area contributed by atoms with Crippen LogP contribution < -0.4 is 5.73 Å². The van der Waals surface area contributed by atoms with Gasteiger partial charge in [0.2, 0.25) is 0 Å². The Morgan fingerprint density at radius 2 is 2.33 bits per heavy atom. The highest BCUT2D eigenvalue weighted by molar-refractivity contribution is 9.10. The first-order chi connectivity index (χ1) is 7.25. The van der Waals surface area contributed by atoms with E-state index in [4.69, 9.17) is 10.2 Å². The van der Waals surface area contributed by atoms with Crippen molar-refractivity contribution in [2.75, 3.05) is 0 Å². The lowest BCUT2D eigenvalue weighted by Gasteiger charge is -2.09. The molecule has 2 aromatic heterocycles. The summed E-state index contributed by atoms with van der Waals surface area (Å²) in [6.07, 6.45) is 5.85. The number of nitrogens with zero attached hydrogens (tertiary/aromatic N) is 1. The molecule has 0 aliphatic carbocycles. The quantitative estimate of drug-likeness (QED) is 0.930. The maximum absolute atomic E-state index is 6.03. The van der Waals surface area contributed by atoms with Crippen LogP contribution in [0, 0.1) is 0 Å². The zero-order chi connectivity index (χ0) is 10.7. The zero-order valence-corrected chi connectivity index (χ0v) is 9.65. The lowest BCUT2D eigenvalue weighted by molar-refractivity contribution is 0.488. The van der Waals surface area contributed by atoms with Crippen LogP contribution in [0.5, 0.6) is 0 Å². The summed E-state index contributed by atoms with van der Waals surface area (Å²) in [6, 6.07) is 5.67. The molecule has 4 heteroatoms. The minimum atomic E-state index is -0.0823. The van der Waals surface area contributed by atoms with Crippen molar-refractivity contribution in [1.29, 1.82) is 0 Å². The third-order valence-corrected chi connectivity index (χ3v) is 2.59. The van der Waals surface area contributed by atoms with Gasteiger partial charge in [0, 0.05) is 29.3 Å². The fraction of sp³-hybridized carbons (Fsp3) is 0.182. The van der Waals surface area contributed by atoms with Gasteiger partial charge in [-0.3, -0.25) is 4.98 Å². The van der Waals surface area contributed by atoms with Crippen LogP contribution in [0.3, 0.4) is 0 Å². The smallest absolute Gasteiger partial charge is 0.105 e. The standard InChI is InChI=1S/C11H11BrN2O/c12-9-4-8(6-14-7-9)11(13)5-10-2-1-3-15-10/h1-4,6-7,11H,5,13H2. The molecule has 0 saturated heterocycles. The van der Waals surface area contributed by atoms with Gasteiger partial charge in [0.05, 0.1) is 6.26 Å². The topological polar surface area (TPSA) is 52.0 Å². The van der Waals surface area contributed by atoms with E-state index in [0.29, 0.717) is 6.42 Å². The van der Waals surface area contributed by atoms with Crippen LogP contribution >= 0.6 is 15.9 Å². The summed E-state index contributed by atoms with van der Waals surface area (Å²) < 4.78 is 6.18. The molecule has 0 aromatic carbocycles. The number of halogens is 1. The molecule has 2 N–H and O–H groups in total. The Morgan fingerprint density at radius 1 is 1.47 bits per heavy atom. The normalized spacial score (nSPS) is 12.7. The average Bonchev–Trinajstić information content (AvgIpc) is 2.70. The van der Waals surface area contributed by atoms with Crippen LogP contribution in [0.25, 0.3) is 0 Å². The van der Waals surface area contributed by atoms with Crippen molar-refractivity contribution in [3.63, 3.8) is 0 Å². The fourth-order valence-corrected chi connectivity index (χ4v) is 1.78. The van der Waals surface area contributed by atoms with Gasteiger partial charge in [-0.1, -0.05) is 0 Å². The first-order valence-corrected chi connectivity index (χ1v) is 5.43. The molecule has 2 rings (SSSR count). The lowest BCUT2D eigenvalue weighted by Crippen LogP contribution is -2.13. The number of pyridine rings is 1. The summed E-state index contributed by atoms with van der Waals surface area (Å²) in [6.45, 7) is 0. The molecule has 0 bridgehead atoms. The van der Waals surface area contributed by atoms with Crippen molar-refractivity contribution in [1.82, 2.24) is 4.98 Å².